The molecule has 0 bridgehead atoms. The monoisotopic (exact) mass is 449 g/mol. The largest absolute Gasteiger partial charge is 0.486 e. The lowest BCUT2D eigenvalue weighted by atomic mass is 10.2. The summed E-state index contributed by atoms with van der Waals surface area (Å²) in [6, 6.07) is 13.9. The second-order valence-electron chi connectivity index (χ2n) is 6.01. The van der Waals surface area contributed by atoms with Gasteiger partial charge in [0.1, 0.15) is 6.61 Å². The summed E-state index contributed by atoms with van der Waals surface area (Å²) in [5, 5.41) is 4.20. The highest BCUT2D eigenvalue weighted by atomic mass is 79.9. The lowest BCUT2D eigenvalue weighted by Crippen LogP contribution is -2.33. The highest BCUT2D eigenvalue weighted by Crippen LogP contribution is 2.31. The Balaban J connectivity index is 1.42. The van der Waals surface area contributed by atoms with Gasteiger partial charge < -0.3 is 9.47 Å². The van der Waals surface area contributed by atoms with Crippen LogP contribution in [-0.2, 0) is 16.6 Å². The molecule has 7 nitrogen and oxygen atoms in total. The molecule has 3 aromatic rings. The molecule has 0 aliphatic carbocycles. The first kappa shape index (κ1) is 17.9. The number of hydrogen-bond acceptors (Lipinski definition) is 5. The van der Waals surface area contributed by atoms with Crippen molar-refractivity contribution >= 4 is 31.6 Å². The molecule has 4 rings (SSSR count). The van der Waals surface area contributed by atoms with E-state index in [9.17, 15) is 8.42 Å². The van der Waals surface area contributed by atoms with E-state index in [-0.39, 0.29) is 11.0 Å². The maximum Gasteiger partial charge on any atom is 0.261 e. The van der Waals surface area contributed by atoms with Crippen LogP contribution < -0.4 is 14.2 Å². The van der Waals surface area contributed by atoms with Crippen LogP contribution in [0.25, 0.3) is 0 Å². The highest BCUT2D eigenvalue weighted by Gasteiger charge is 2.22. The number of hydrogen-bond donors (Lipinski definition) is 1. The molecule has 0 saturated heterocycles. The summed E-state index contributed by atoms with van der Waals surface area (Å²) < 4.78 is 41.4. The van der Waals surface area contributed by atoms with Crippen LogP contribution in [0.3, 0.4) is 0 Å². The lowest BCUT2D eigenvalue weighted by molar-refractivity contribution is 0.0759. The van der Waals surface area contributed by atoms with E-state index in [0.717, 1.165) is 10.2 Å². The van der Waals surface area contributed by atoms with Crippen LogP contribution in [-0.4, -0.2) is 30.9 Å². The van der Waals surface area contributed by atoms with Crippen LogP contribution >= 0.6 is 15.9 Å². The molecule has 1 unspecified atom stereocenters. The number of rotatable bonds is 5. The van der Waals surface area contributed by atoms with Crippen LogP contribution in [0.5, 0.6) is 11.5 Å². The van der Waals surface area contributed by atoms with Gasteiger partial charge in [0.25, 0.3) is 10.0 Å². The number of aromatic nitrogens is 2. The Labute approximate surface area is 165 Å². The summed E-state index contributed by atoms with van der Waals surface area (Å²) in [7, 11) is -3.67. The fourth-order valence-electron chi connectivity index (χ4n) is 2.71. The maximum absolute atomic E-state index is 12.4. The van der Waals surface area contributed by atoms with Gasteiger partial charge in [-0.3, -0.25) is 9.40 Å². The molecule has 9 heteroatoms. The van der Waals surface area contributed by atoms with Crippen molar-refractivity contribution in [2.24, 2.45) is 0 Å². The number of sulfonamides is 1. The number of ether oxygens (including phenoxy) is 2. The minimum Gasteiger partial charge on any atom is -0.486 e. The van der Waals surface area contributed by atoms with E-state index in [1.165, 1.54) is 18.3 Å². The standard InChI is InChI=1S/C18H16BrN3O4S/c19-13-5-7-16(8-6-13)27(23,24)21-14-9-20-22(10-14)11-15-12-25-17-3-1-2-4-18(17)26-15/h1-10,15,21H,11-12H2. The van der Waals surface area contributed by atoms with Gasteiger partial charge in [-0.05, 0) is 36.4 Å². The number of anilines is 1. The molecular weight excluding hydrogens is 434 g/mol. The zero-order chi connectivity index (χ0) is 18.9. The molecule has 0 radical (unpaired) electrons. The summed E-state index contributed by atoms with van der Waals surface area (Å²) in [4.78, 5) is 0.180. The molecule has 1 aromatic heterocycles. The van der Waals surface area contributed by atoms with Gasteiger partial charge in [0.15, 0.2) is 17.6 Å². The fraction of sp³-hybridized carbons (Fsp3) is 0.167. The molecule has 1 N–H and O–H groups in total. The van der Waals surface area contributed by atoms with Crippen molar-refractivity contribution < 1.29 is 17.9 Å². The van der Waals surface area contributed by atoms with Crippen LogP contribution in [0, 0.1) is 0 Å². The van der Waals surface area contributed by atoms with Gasteiger partial charge in [0.05, 0.1) is 23.3 Å². The number of fused-ring (bicyclic) bond motifs is 1. The zero-order valence-electron chi connectivity index (χ0n) is 14.1. The summed E-state index contributed by atoms with van der Waals surface area (Å²) in [5.74, 6) is 1.41. The first-order valence-corrected chi connectivity index (χ1v) is 10.5. The summed E-state index contributed by atoms with van der Waals surface area (Å²) in [6.07, 6.45) is 2.88. The van der Waals surface area contributed by atoms with Crippen molar-refractivity contribution in [3.63, 3.8) is 0 Å². The smallest absolute Gasteiger partial charge is 0.261 e. The molecule has 0 amide bonds. The number of nitrogens with one attached hydrogen (secondary N) is 1. The van der Waals surface area contributed by atoms with E-state index in [1.54, 1.807) is 23.0 Å². The van der Waals surface area contributed by atoms with E-state index < -0.39 is 10.0 Å². The van der Waals surface area contributed by atoms with Crippen molar-refractivity contribution in [1.29, 1.82) is 0 Å². The van der Waals surface area contributed by atoms with Gasteiger partial charge in [-0.25, -0.2) is 8.42 Å². The van der Waals surface area contributed by atoms with E-state index >= 15 is 0 Å². The highest BCUT2D eigenvalue weighted by molar-refractivity contribution is 9.10. The van der Waals surface area contributed by atoms with E-state index in [4.69, 9.17) is 9.47 Å². The SMILES string of the molecule is O=S(=O)(Nc1cnn(CC2COc3ccccc3O2)c1)c1ccc(Br)cc1. The average Bonchev–Trinajstić information content (AvgIpc) is 3.08. The van der Waals surface area contributed by atoms with Crippen molar-refractivity contribution in [3.05, 3.63) is 65.4 Å². The topological polar surface area (TPSA) is 82.5 Å². The average molecular weight is 450 g/mol. The zero-order valence-corrected chi connectivity index (χ0v) is 16.5. The third kappa shape index (κ3) is 4.09. The van der Waals surface area contributed by atoms with Crippen LogP contribution in [0.4, 0.5) is 5.69 Å². The number of para-hydroxylation sites is 2. The number of benzene rings is 2. The minimum atomic E-state index is -3.67. The Bertz CT molecular complexity index is 1050. The van der Waals surface area contributed by atoms with Crippen LogP contribution in [0.2, 0.25) is 0 Å². The quantitative estimate of drug-likeness (QED) is 0.645. The van der Waals surface area contributed by atoms with Gasteiger partial charge in [0.2, 0.25) is 0 Å². The van der Waals surface area contributed by atoms with Gasteiger partial charge in [-0.2, -0.15) is 5.10 Å². The molecule has 27 heavy (non-hydrogen) atoms. The van der Waals surface area contributed by atoms with Crippen molar-refractivity contribution in [1.82, 2.24) is 9.78 Å². The summed E-state index contributed by atoms with van der Waals surface area (Å²) >= 11 is 3.29. The molecule has 0 fully saturated rings. The fourth-order valence-corrected chi connectivity index (χ4v) is 4.00. The van der Waals surface area contributed by atoms with E-state index in [2.05, 4.69) is 25.8 Å². The molecule has 2 heterocycles. The lowest BCUT2D eigenvalue weighted by Gasteiger charge is -2.26. The number of halogens is 1. The maximum atomic E-state index is 12.4. The van der Waals surface area contributed by atoms with Crippen molar-refractivity contribution in [2.45, 2.75) is 17.5 Å². The van der Waals surface area contributed by atoms with Gasteiger partial charge in [-0.15, -0.1) is 0 Å². The Kier molecular flexibility index (Phi) is 4.79. The van der Waals surface area contributed by atoms with Crippen molar-refractivity contribution in [2.75, 3.05) is 11.3 Å². The van der Waals surface area contributed by atoms with E-state index in [0.29, 0.717) is 24.6 Å². The van der Waals surface area contributed by atoms with Crippen LogP contribution in [0.1, 0.15) is 0 Å². The second-order valence-corrected chi connectivity index (χ2v) is 8.61. The third-order valence-corrected chi connectivity index (χ3v) is 5.89. The molecule has 2 aromatic carbocycles. The van der Waals surface area contributed by atoms with Crippen LogP contribution in [0.15, 0.2) is 70.3 Å². The molecule has 1 aliphatic heterocycles. The predicted octanol–water partition coefficient (Wildman–Crippen LogP) is 3.29. The molecule has 1 aliphatic rings. The first-order valence-electron chi connectivity index (χ1n) is 8.19. The Morgan fingerprint density at radius 2 is 1.89 bits per heavy atom. The van der Waals surface area contributed by atoms with Crippen molar-refractivity contribution in [3.8, 4) is 11.5 Å². The van der Waals surface area contributed by atoms with Gasteiger partial charge in [-0.1, -0.05) is 28.1 Å². The molecule has 1 atom stereocenters. The molecule has 0 spiro atoms. The Morgan fingerprint density at radius 3 is 2.67 bits per heavy atom. The predicted molar refractivity (Wildman–Crippen MR) is 104 cm³/mol. The van der Waals surface area contributed by atoms with Gasteiger partial charge in [0, 0.05) is 10.7 Å². The van der Waals surface area contributed by atoms with Gasteiger partial charge >= 0.3 is 0 Å². The minimum absolute atomic E-state index is 0.180. The Morgan fingerprint density at radius 1 is 1.15 bits per heavy atom. The Hall–Kier alpha value is -2.52. The molecule has 140 valence electrons. The number of nitrogens with zero attached hydrogens (tertiary/aromatic N) is 2. The molecule has 0 saturated carbocycles. The third-order valence-electron chi connectivity index (χ3n) is 3.97. The normalized spacial score (nSPS) is 16.1. The molecular formula is C18H16BrN3O4S. The summed E-state index contributed by atoms with van der Waals surface area (Å²) in [6.45, 7) is 0.838. The van der Waals surface area contributed by atoms with E-state index in [1.807, 2.05) is 24.3 Å². The second kappa shape index (κ2) is 7.24. The summed E-state index contributed by atoms with van der Waals surface area (Å²) in [5.41, 5.74) is 0.384. The first-order chi connectivity index (χ1) is 13.0.